The predicted molar refractivity (Wildman–Crippen MR) is 89.4 cm³/mol. The number of carbonyl (C=O) groups is 2. The highest BCUT2D eigenvalue weighted by Gasteiger charge is 2.26. The van der Waals surface area contributed by atoms with E-state index < -0.39 is 16.0 Å². The Balaban J connectivity index is 1.75. The van der Waals surface area contributed by atoms with Gasteiger partial charge in [-0.05, 0) is 34.1 Å². The minimum absolute atomic E-state index is 0.242. The molecule has 1 aromatic rings. The first-order chi connectivity index (χ1) is 11.3. The number of halogens is 1. The summed E-state index contributed by atoms with van der Waals surface area (Å²) < 4.78 is 34.7. The Kier molecular flexibility index (Phi) is 6.19. The first-order valence-corrected chi connectivity index (χ1v) is 9.73. The van der Waals surface area contributed by atoms with E-state index in [1.54, 1.807) is 12.1 Å². The molecule has 0 unspecified atom stereocenters. The fraction of sp³-hybridized carbons (Fsp3) is 0.429. The van der Waals surface area contributed by atoms with Gasteiger partial charge in [0.2, 0.25) is 10.0 Å². The molecule has 0 spiro atoms. The number of amides is 1. The van der Waals surface area contributed by atoms with Crippen molar-refractivity contribution >= 4 is 43.9 Å². The van der Waals surface area contributed by atoms with Crippen LogP contribution in [0, 0.1) is 0 Å². The third-order valence-electron chi connectivity index (χ3n) is 3.38. The van der Waals surface area contributed by atoms with Gasteiger partial charge in [0.05, 0.1) is 6.26 Å². The molecule has 2 rings (SSSR count). The lowest BCUT2D eigenvalue weighted by Crippen LogP contribution is -2.51. The van der Waals surface area contributed by atoms with Crippen molar-refractivity contribution in [1.82, 2.24) is 9.21 Å². The number of sulfonamides is 1. The molecule has 0 aliphatic carbocycles. The van der Waals surface area contributed by atoms with Gasteiger partial charge in [-0.3, -0.25) is 4.79 Å². The second kappa shape index (κ2) is 7.95. The van der Waals surface area contributed by atoms with E-state index in [-0.39, 0.29) is 38.7 Å². The number of hydrogen-bond donors (Lipinski definition) is 0. The summed E-state index contributed by atoms with van der Waals surface area (Å²) in [5.41, 5.74) is 0. The van der Waals surface area contributed by atoms with Crippen molar-refractivity contribution in [3.63, 3.8) is 0 Å². The van der Waals surface area contributed by atoms with Gasteiger partial charge in [-0.15, -0.1) is 0 Å². The molecule has 0 aromatic carbocycles. The Labute approximate surface area is 148 Å². The van der Waals surface area contributed by atoms with Crippen LogP contribution in [0.2, 0.25) is 0 Å². The maximum absolute atomic E-state index is 12.0. The Bertz CT molecular complexity index is 734. The zero-order valence-electron chi connectivity index (χ0n) is 13.0. The quantitative estimate of drug-likeness (QED) is 0.513. The summed E-state index contributed by atoms with van der Waals surface area (Å²) in [7, 11) is -3.24. The first kappa shape index (κ1) is 18.7. The van der Waals surface area contributed by atoms with Crippen LogP contribution in [0.5, 0.6) is 0 Å². The molecule has 24 heavy (non-hydrogen) atoms. The van der Waals surface area contributed by atoms with Crippen molar-refractivity contribution in [2.24, 2.45) is 0 Å². The lowest BCUT2D eigenvalue weighted by molar-refractivity contribution is -0.148. The van der Waals surface area contributed by atoms with E-state index in [1.807, 2.05) is 0 Å². The fourth-order valence-corrected chi connectivity index (χ4v) is 3.26. The maximum Gasteiger partial charge on any atom is 0.331 e. The molecule has 8 nitrogen and oxygen atoms in total. The minimum Gasteiger partial charge on any atom is -0.452 e. The Hall–Kier alpha value is -1.65. The Morgan fingerprint density at radius 1 is 1.29 bits per heavy atom. The molecule has 10 heteroatoms. The summed E-state index contributed by atoms with van der Waals surface area (Å²) in [5.74, 6) is -0.543. The summed E-state index contributed by atoms with van der Waals surface area (Å²) in [5, 5.41) is 0. The molecule has 0 N–H and O–H groups in total. The van der Waals surface area contributed by atoms with Crippen LogP contribution in [0.1, 0.15) is 5.76 Å². The van der Waals surface area contributed by atoms with E-state index >= 15 is 0 Å². The average Bonchev–Trinajstić information content (AvgIpc) is 2.95. The van der Waals surface area contributed by atoms with Crippen molar-refractivity contribution in [3.8, 4) is 0 Å². The molecule has 0 radical (unpaired) electrons. The van der Waals surface area contributed by atoms with Gasteiger partial charge in [0, 0.05) is 32.3 Å². The van der Waals surface area contributed by atoms with Gasteiger partial charge in [0.1, 0.15) is 5.76 Å². The highest BCUT2D eigenvalue weighted by molar-refractivity contribution is 9.10. The Morgan fingerprint density at radius 2 is 1.96 bits per heavy atom. The summed E-state index contributed by atoms with van der Waals surface area (Å²) in [6.45, 7) is 0.654. The monoisotopic (exact) mass is 420 g/mol. The largest absolute Gasteiger partial charge is 0.452 e. The fourth-order valence-electron chi connectivity index (χ4n) is 2.11. The van der Waals surface area contributed by atoms with Gasteiger partial charge in [0.15, 0.2) is 11.3 Å². The Morgan fingerprint density at radius 3 is 2.50 bits per heavy atom. The van der Waals surface area contributed by atoms with Crippen LogP contribution in [-0.2, 0) is 24.3 Å². The summed E-state index contributed by atoms with van der Waals surface area (Å²) in [4.78, 5) is 25.0. The molecule has 1 aromatic heterocycles. The van der Waals surface area contributed by atoms with Crippen LogP contribution in [0.4, 0.5) is 0 Å². The molecule has 1 fully saturated rings. The van der Waals surface area contributed by atoms with Gasteiger partial charge >= 0.3 is 5.97 Å². The number of nitrogens with zero attached hydrogens (tertiary/aromatic N) is 2. The van der Waals surface area contributed by atoms with Gasteiger partial charge < -0.3 is 14.1 Å². The van der Waals surface area contributed by atoms with Crippen LogP contribution in [0.25, 0.3) is 6.08 Å². The number of piperazine rings is 1. The average molecular weight is 421 g/mol. The molecule has 1 aliphatic rings. The molecule has 1 saturated heterocycles. The highest BCUT2D eigenvalue weighted by Crippen LogP contribution is 2.15. The van der Waals surface area contributed by atoms with E-state index in [1.165, 1.54) is 21.4 Å². The van der Waals surface area contributed by atoms with Crippen LogP contribution in [0.15, 0.2) is 27.3 Å². The van der Waals surface area contributed by atoms with E-state index in [2.05, 4.69) is 15.9 Å². The number of furan rings is 1. The zero-order valence-corrected chi connectivity index (χ0v) is 15.4. The lowest BCUT2D eigenvalue weighted by atomic mass is 10.3. The SMILES string of the molecule is CS(=O)(=O)N1CCN(C(=O)COC(=O)/C=C/c2ccc(Br)o2)CC1. The molecule has 0 saturated carbocycles. The molecular formula is C14H17BrN2O6S. The number of ether oxygens (including phenoxy) is 1. The summed E-state index contributed by atoms with van der Waals surface area (Å²) >= 11 is 3.14. The first-order valence-electron chi connectivity index (χ1n) is 7.09. The zero-order chi connectivity index (χ0) is 17.7. The normalized spacial score (nSPS) is 16.5. The smallest absolute Gasteiger partial charge is 0.331 e. The van der Waals surface area contributed by atoms with E-state index in [9.17, 15) is 18.0 Å². The highest BCUT2D eigenvalue weighted by atomic mass is 79.9. The standard InChI is InChI=1S/C14H17BrN2O6S/c1-24(20,21)17-8-6-16(7-9-17)13(18)10-22-14(19)5-3-11-2-4-12(15)23-11/h2-5H,6-10H2,1H3/b5-3+. The summed E-state index contributed by atoms with van der Waals surface area (Å²) in [6.07, 6.45) is 3.73. The van der Waals surface area contributed by atoms with E-state index in [0.29, 0.717) is 10.4 Å². The maximum atomic E-state index is 12.0. The van der Waals surface area contributed by atoms with Crippen LogP contribution < -0.4 is 0 Å². The van der Waals surface area contributed by atoms with Gasteiger partial charge in [-0.25, -0.2) is 13.2 Å². The second-order valence-corrected chi connectivity index (χ2v) is 7.89. The van der Waals surface area contributed by atoms with Crippen molar-refractivity contribution in [1.29, 1.82) is 0 Å². The predicted octanol–water partition coefficient (Wildman–Crippen LogP) is 0.702. The van der Waals surface area contributed by atoms with Crippen molar-refractivity contribution < 1.29 is 27.2 Å². The molecule has 2 heterocycles. The van der Waals surface area contributed by atoms with Crippen LogP contribution >= 0.6 is 15.9 Å². The van der Waals surface area contributed by atoms with E-state index in [0.717, 1.165) is 6.26 Å². The number of esters is 1. The van der Waals surface area contributed by atoms with Gasteiger partial charge in [-0.1, -0.05) is 0 Å². The van der Waals surface area contributed by atoms with Gasteiger partial charge in [-0.2, -0.15) is 4.31 Å². The van der Waals surface area contributed by atoms with Crippen LogP contribution in [-0.4, -0.2) is 68.5 Å². The third-order valence-corrected chi connectivity index (χ3v) is 5.11. The number of carbonyl (C=O) groups excluding carboxylic acids is 2. The van der Waals surface area contributed by atoms with Crippen LogP contribution in [0.3, 0.4) is 0 Å². The molecule has 1 amide bonds. The third kappa shape index (κ3) is 5.46. The number of rotatable bonds is 5. The van der Waals surface area contributed by atoms with Crippen molar-refractivity contribution in [2.75, 3.05) is 39.0 Å². The molecule has 132 valence electrons. The molecule has 0 bridgehead atoms. The van der Waals surface area contributed by atoms with Crippen molar-refractivity contribution in [2.45, 2.75) is 0 Å². The number of hydrogen-bond acceptors (Lipinski definition) is 6. The summed E-state index contributed by atoms with van der Waals surface area (Å²) in [6, 6.07) is 3.35. The van der Waals surface area contributed by atoms with Crippen molar-refractivity contribution in [3.05, 3.63) is 28.6 Å². The lowest BCUT2D eigenvalue weighted by Gasteiger charge is -2.33. The second-order valence-electron chi connectivity index (χ2n) is 5.13. The topological polar surface area (TPSA) is 97.1 Å². The minimum atomic E-state index is -3.24. The molecular weight excluding hydrogens is 404 g/mol. The van der Waals surface area contributed by atoms with Gasteiger partial charge in [0.25, 0.3) is 5.91 Å². The van der Waals surface area contributed by atoms with E-state index in [4.69, 9.17) is 9.15 Å². The molecule has 0 atom stereocenters. The molecule has 1 aliphatic heterocycles.